The average Bonchev–Trinajstić information content (AvgIpc) is 2.69. The lowest BCUT2D eigenvalue weighted by Gasteiger charge is -2.25. The minimum atomic E-state index is -0.312. The summed E-state index contributed by atoms with van der Waals surface area (Å²) in [7, 11) is 0. The molecule has 142 valence electrons. The summed E-state index contributed by atoms with van der Waals surface area (Å²) in [5.74, 6) is -0.312. The van der Waals surface area contributed by atoms with Crippen molar-refractivity contribution < 1.29 is 21.9 Å². The lowest BCUT2D eigenvalue weighted by Crippen LogP contribution is -3.00. The number of hydrogen-bond donors (Lipinski definition) is 1. The van der Waals surface area contributed by atoms with Crippen LogP contribution in [0.2, 0.25) is 0 Å². The van der Waals surface area contributed by atoms with Crippen LogP contribution in [0.25, 0.3) is 21.7 Å². The molecule has 0 saturated heterocycles. The largest absolute Gasteiger partial charge is 1.00 e. The van der Waals surface area contributed by atoms with Crippen LogP contribution in [0.1, 0.15) is 49.4 Å². The van der Waals surface area contributed by atoms with Gasteiger partial charge in [0.15, 0.2) is 0 Å². The van der Waals surface area contributed by atoms with Gasteiger partial charge in [0.05, 0.1) is 17.8 Å². The summed E-state index contributed by atoms with van der Waals surface area (Å²) >= 11 is 0. The van der Waals surface area contributed by atoms with E-state index in [0.717, 1.165) is 40.2 Å². The maximum Gasteiger partial charge on any atom is 0.341 e. The lowest BCUT2D eigenvalue weighted by atomic mass is 9.94. The summed E-state index contributed by atoms with van der Waals surface area (Å²) in [5, 5.41) is 6.90. The molecule has 1 saturated carbocycles. The molecule has 1 aliphatic rings. The molecule has 27 heavy (non-hydrogen) atoms. The first-order valence-electron chi connectivity index (χ1n) is 9.52. The molecule has 4 nitrogen and oxygen atoms in total. The van der Waals surface area contributed by atoms with Gasteiger partial charge in [-0.1, -0.05) is 55.7 Å². The Bertz CT molecular complexity index is 952. The Hall–Kier alpha value is -2.33. The third-order valence-electron chi connectivity index (χ3n) is 5.21. The fraction of sp³-hybridized carbons (Fsp3) is 0.364. The third kappa shape index (κ3) is 3.86. The van der Waals surface area contributed by atoms with Crippen molar-refractivity contribution in [3.05, 3.63) is 48.2 Å². The van der Waals surface area contributed by atoms with E-state index in [1.54, 1.807) is 6.20 Å². The average molecular weight is 384 g/mol. The predicted octanol–water partition coefficient (Wildman–Crippen LogP) is 2.31. The molecule has 0 aliphatic heterocycles. The second kappa shape index (κ2) is 8.57. The summed E-state index contributed by atoms with van der Waals surface area (Å²) in [6, 6.07) is 12.8. The van der Waals surface area contributed by atoms with Gasteiger partial charge in [-0.3, -0.25) is 4.98 Å². The van der Waals surface area contributed by atoms with Gasteiger partial charge in [-0.05, 0) is 25.2 Å². The molecular formula is C22H24ClN2O2-. The number of esters is 1. The molecule has 0 radical (unpaired) electrons. The molecule has 1 heterocycles. The summed E-state index contributed by atoms with van der Waals surface area (Å²) in [6.07, 6.45) is 7.71. The zero-order valence-corrected chi connectivity index (χ0v) is 16.3. The van der Waals surface area contributed by atoms with Gasteiger partial charge in [0, 0.05) is 23.0 Å². The molecule has 5 heteroatoms. The SMILES string of the molecule is CCOC(=O)c1cnc2c(ccc3ccccc32)c1NC1CCCCC1.[Cl-]. The number of hydrogen-bond acceptors (Lipinski definition) is 4. The lowest BCUT2D eigenvalue weighted by molar-refractivity contribution is -0.0000234. The number of aromatic nitrogens is 1. The molecule has 0 unspecified atom stereocenters. The van der Waals surface area contributed by atoms with E-state index in [0.29, 0.717) is 18.2 Å². The van der Waals surface area contributed by atoms with E-state index in [1.165, 1.54) is 19.3 Å². The molecule has 2 aromatic carbocycles. The van der Waals surface area contributed by atoms with Crippen molar-refractivity contribution >= 4 is 33.3 Å². The second-order valence-electron chi connectivity index (χ2n) is 6.93. The first-order valence-corrected chi connectivity index (χ1v) is 9.52. The predicted molar refractivity (Wildman–Crippen MR) is 106 cm³/mol. The Balaban J connectivity index is 0.00000210. The summed E-state index contributed by atoms with van der Waals surface area (Å²) in [5.41, 5.74) is 2.32. The maximum absolute atomic E-state index is 12.5. The zero-order chi connectivity index (χ0) is 17.9. The van der Waals surface area contributed by atoms with Crippen molar-refractivity contribution in [3.63, 3.8) is 0 Å². The van der Waals surface area contributed by atoms with Crippen molar-refractivity contribution in [1.82, 2.24) is 4.98 Å². The Morgan fingerprint density at radius 3 is 2.67 bits per heavy atom. The number of halogens is 1. The molecule has 4 rings (SSSR count). The first kappa shape index (κ1) is 19.4. The van der Waals surface area contributed by atoms with Gasteiger partial charge < -0.3 is 22.5 Å². The van der Waals surface area contributed by atoms with E-state index in [-0.39, 0.29) is 18.4 Å². The summed E-state index contributed by atoms with van der Waals surface area (Å²) in [4.78, 5) is 17.1. The standard InChI is InChI=1S/C22H24N2O2.ClH/c1-2-26-22(25)19-14-23-20-17-11-7-6-8-15(17)12-13-18(20)21(19)24-16-9-4-3-5-10-16;/h6-8,11-14,16H,2-5,9-10H2,1H3,(H,23,24);1H/p-1. The molecule has 0 spiro atoms. The van der Waals surface area contributed by atoms with Gasteiger partial charge in [-0.15, -0.1) is 0 Å². The van der Waals surface area contributed by atoms with Gasteiger partial charge >= 0.3 is 5.97 Å². The van der Waals surface area contributed by atoms with Crippen LogP contribution in [0, 0.1) is 0 Å². The molecule has 1 aromatic heterocycles. The van der Waals surface area contributed by atoms with Crippen LogP contribution < -0.4 is 17.7 Å². The Kier molecular flexibility index (Phi) is 6.17. The number of benzene rings is 2. The number of pyridine rings is 1. The van der Waals surface area contributed by atoms with Crippen LogP contribution in [0.4, 0.5) is 5.69 Å². The van der Waals surface area contributed by atoms with Gasteiger partial charge in [-0.25, -0.2) is 4.79 Å². The molecule has 0 bridgehead atoms. The number of rotatable bonds is 4. The van der Waals surface area contributed by atoms with E-state index in [9.17, 15) is 4.79 Å². The number of ether oxygens (including phenoxy) is 1. The Labute approximate surface area is 165 Å². The highest BCUT2D eigenvalue weighted by Crippen LogP contribution is 2.33. The van der Waals surface area contributed by atoms with E-state index in [4.69, 9.17) is 4.74 Å². The summed E-state index contributed by atoms with van der Waals surface area (Å²) < 4.78 is 5.28. The zero-order valence-electron chi connectivity index (χ0n) is 15.5. The number of carbonyl (C=O) groups excluding carboxylic acids is 1. The van der Waals surface area contributed by atoms with Crippen molar-refractivity contribution in [1.29, 1.82) is 0 Å². The highest BCUT2D eigenvalue weighted by atomic mass is 35.5. The smallest absolute Gasteiger partial charge is 0.341 e. The molecule has 1 fully saturated rings. The minimum absolute atomic E-state index is 0. The van der Waals surface area contributed by atoms with Crippen LogP contribution in [0.15, 0.2) is 42.6 Å². The van der Waals surface area contributed by atoms with Crippen molar-refractivity contribution in [2.75, 3.05) is 11.9 Å². The van der Waals surface area contributed by atoms with Gasteiger partial charge in [0.1, 0.15) is 5.56 Å². The molecule has 1 aliphatic carbocycles. The summed E-state index contributed by atoms with van der Waals surface area (Å²) in [6.45, 7) is 2.19. The second-order valence-corrected chi connectivity index (χ2v) is 6.93. The number of fused-ring (bicyclic) bond motifs is 3. The highest BCUT2D eigenvalue weighted by molar-refractivity contribution is 6.13. The number of anilines is 1. The van der Waals surface area contributed by atoms with E-state index >= 15 is 0 Å². The van der Waals surface area contributed by atoms with Crippen molar-refractivity contribution in [2.24, 2.45) is 0 Å². The highest BCUT2D eigenvalue weighted by Gasteiger charge is 2.21. The monoisotopic (exact) mass is 383 g/mol. The minimum Gasteiger partial charge on any atom is -1.00 e. The van der Waals surface area contributed by atoms with Crippen LogP contribution in [-0.2, 0) is 4.74 Å². The fourth-order valence-electron chi connectivity index (χ4n) is 3.90. The van der Waals surface area contributed by atoms with E-state index in [2.05, 4.69) is 34.6 Å². The number of nitrogens with zero attached hydrogens (tertiary/aromatic N) is 1. The van der Waals surface area contributed by atoms with Gasteiger partial charge in [0.25, 0.3) is 0 Å². The van der Waals surface area contributed by atoms with Gasteiger partial charge in [-0.2, -0.15) is 0 Å². The van der Waals surface area contributed by atoms with Crippen molar-refractivity contribution in [3.8, 4) is 0 Å². The molecule has 0 amide bonds. The topological polar surface area (TPSA) is 51.2 Å². The van der Waals surface area contributed by atoms with Crippen LogP contribution >= 0.6 is 0 Å². The maximum atomic E-state index is 12.5. The van der Waals surface area contributed by atoms with Crippen LogP contribution in [0.5, 0.6) is 0 Å². The number of carbonyl (C=O) groups is 1. The van der Waals surface area contributed by atoms with Crippen LogP contribution in [0.3, 0.4) is 0 Å². The quantitative estimate of drug-likeness (QED) is 0.555. The first-order chi connectivity index (χ1) is 12.8. The van der Waals surface area contributed by atoms with E-state index in [1.807, 2.05) is 19.1 Å². The Morgan fingerprint density at radius 2 is 1.89 bits per heavy atom. The number of nitrogens with one attached hydrogen (secondary N) is 1. The fourth-order valence-corrected chi connectivity index (χ4v) is 3.90. The van der Waals surface area contributed by atoms with E-state index < -0.39 is 0 Å². The molecule has 3 aromatic rings. The van der Waals surface area contributed by atoms with Crippen molar-refractivity contribution in [2.45, 2.75) is 45.1 Å². The molecule has 1 N–H and O–H groups in total. The van der Waals surface area contributed by atoms with Gasteiger partial charge in [0.2, 0.25) is 0 Å². The Morgan fingerprint density at radius 1 is 1.11 bits per heavy atom. The molecule has 0 atom stereocenters. The third-order valence-corrected chi connectivity index (χ3v) is 5.21. The van der Waals surface area contributed by atoms with Crippen LogP contribution in [-0.4, -0.2) is 23.6 Å². The normalized spacial score (nSPS) is 14.7. The molecular weight excluding hydrogens is 360 g/mol.